The van der Waals surface area contributed by atoms with Gasteiger partial charge in [0, 0.05) is 0 Å². The van der Waals surface area contributed by atoms with E-state index >= 15 is 0 Å². The van der Waals surface area contributed by atoms with Gasteiger partial charge in [0.05, 0.1) is 0 Å². The van der Waals surface area contributed by atoms with E-state index in [9.17, 15) is 30.4 Å². The Balaban J connectivity index is 2.84. The monoisotopic (exact) mass is 291 g/mol. The van der Waals surface area contributed by atoms with Crippen molar-refractivity contribution in [1.29, 1.82) is 0 Å². The van der Waals surface area contributed by atoms with E-state index < -0.39 is 39.3 Å². The van der Waals surface area contributed by atoms with E-state index in [0.29, 0.717) is 18.2 Å². The van der Waals surface area contributed by atoms with Crippen LogP contribution in [0.15, 0.2) is 23.1 Å². The summed E-state index contributed by atoms with van der Waals surface area (Å²) in [6, 6.07) is 1.49. The number of sulfonamides is 1. The summed E-state index contributed by atoms with van der Waals surface area (Å²) in [7, 11) is -4.72. The van der Waals surface area contributed by atoms with Crippen molar-refractivity contribution in [2.24, 2.45) is 0 Å². The van der Waals surface area contributed by atoms with Gasteiger partial charge in [-0.05, 0) is 18.2 Å². The molecule has 0 unspecified atom stereocenters. The van der Waals surface area contributed by atoms with Gasteiger partial charge in [0.2, 0.25) is 0 Å². The van der Waals surface area contributed by atoms with E-state index in [1.807, 2.05) is 0 Å². The molecular formula is C8H6F5NO3S. The van der Waals surface area contributed by atoms with Crippen LogP contribution in [-0.4, -0.2) is 21.2 Å². The van der Waals surface area contributed by atoms with Gasteiger partial charge in [0.1, 0.15) is 16.5 Å². The molecule has 0 spiro atoms. The van der Waals surface area contributed by atoms with Crippen LogP contribution < -0.4 is 4.89 Å². The number of hydrogen-bond donors (Lipinski definition) is 1. The largest absolute Gasteiger partial charge is 0.413 e. The van der Waals surface area contributed by atoms with Crippen molar-refractivity contribution in [1.82, 2.24) is 4.89 Å². The summed E-state index contributed by atoms with van der Waals surface area (Å²) >= 11 is 0. The van der Waals surface area contributed by atoms with Crippen LogP contribution in [0.4, 0.5) is 22.0 Å². The van der Waals surface area contributed by atoms with E-state index in [0.717, 1.165) is 4.89 Å². The third kappa shape index (κ3) is 4.20. The highest BCUT2D eigenvalue weighted by Gasteiger charge is 2.29. The molecule has 102 valence electrons. The van der Waals surface area contributed by atoms with E-state index in [1.54, 1.807) is 0 Å². The minimum Gasteiger partial charge on any atom is -0.277 e. The molecule has 0 radical (unpaired) electrons. The quantitative estimate of drug-likeness (QED) is 0.679. The number of halogens is 5. The Bertz CT molecular complexity index is 528. The van der Waals surface area contributed by atoms with Crippen LogP contribution in [0.25, 0.3) is 0 Å². The van der Waals surface area contributed by atoms with Crippen LogP contribution in [0.3, 0.4) is 0 Å². The summed E-state index contributed by atoms with van der Waals surface area (Å²) < 4.78 is 83.4. The van der Waals surface area contributed by atoms with Crippen LogP contribution in [0.1, 0.15) is 0 Å². The SMILES string of the molecule is O=S(=O)(NOCC(F)(F)F)c1cc(F)ccc1F. The first kappa shape index (κ1) is 14.8. The van der Waals surface area contributed by atoms with Crippen molar-refractivity contribution in [2.45, 2.75) is 11.1 Å². The fourth-order valence-corrected chi connectivity index (χ4v) is 1.81. The maximum atomic E-state index is 13.1. The molecular weight excluding hydrogens is 285 g/mol. The van der Waals surface area contributed by atoms with Crippen LogP contribution in [0, 0.1) is 11.6 Å². The zero-order valence-corrected chi connectivity index (χ0v) is 9.28. The van der Waals surface area contributed by atoms with Gasteiger partial charge in [-0.25, -0.2) is 17.2 Å². The molecule has 0 amide bonds. The van der Waals surface area contributed by atoms with Crippen molar-refractivity contribution in [3.63, 3.8) is 0 Å². The van der Waals surface area contributed by atoms with Crippen molar-refractivity contribution in [3.8, 4) is 0 Å². The van der Waals surface area contributed by atoms with E-state index in [-0.39, 0.29) is 0 Å². The van der Waals surface area contributed by atoms with Crippen molar-refractivity contribution in [2.75, 3.05) is 6.61 Å². The molecule has 0 atom stereocenters. The average molecular weight is 291 g/mol. The Hall–Kier alpha value is -1.26. The molecule has 10 heteroatoms. The molecule has 0 aliphatic rings. The predicted molar refractivity (Wildman–Crippen MR) is 48.7 cm³/mol. The molecule has 0 aliphatic carbocycles. The van der Waals surface area contributed by atoms with Gasteiger partial charge < -0.3 is 0 Å². The van der Waals surface area contributed by atoms with Gasteiger partial charge in [0.25, 0.3) is 10.0 Å². The van der Waals surface area contributed by atoms with Crippen LogP contribution in [0.2, 0.25) is 0 Å². The fourth-order valence-electron chi connectivity index (χ4n) is 0.917. The van der Waals surface area contributed by atoms with Gasteiger partial charge >= 0.3 is 6.18 Å². The lowest BCUT2D eigenvalue weighted by Gasteiger charge is -2.09. The summed E-state index contributed by atoms with van der Waals surface area (Å²) in [4.78, 5) is 3.56. The Morgan fingerprint density at radius 2 is 1.83 bits per heavy atom. The maximum absolute atomic E-state index is 13.1. The van der Waals surface area contributed by atoms with E-state index in [1.165, 1.54) is 0 Å². The molecule has 18 heavy (non-hydrogen) atoms. The second-order valence-electron chi connectivity index (χ2n) is 3.07. The normalized spacial score (nSPS) is 12.7. The second-order valence-corrected chi connectivity index (χ2v) is 4.68. The summed E-state index contributed by atoms with van der Waals surface area (Å²) in [5, 5.41) is 0. The number of hydrogen-bond acceptors (Lipinski definition) is 3. The predicted octanol–water partition coefficient (Wildman–Crippen LogP) is 1.74. The van der Waals surface area contributed by atoms with Crippen LogP contribution in [0.5, 0.6) is 0 Å². The molecule has 0 saturated heterocycles. The summed E-state index contributed by atoms with van der Waals surface area (Å²) in [6.45, 7) is -1.90. The first-order chi connectivity index (χ1) is 8.12. The topological polar surface area (TPSA) is 55.4 Å². The summed E-state index contributed by atoms with van der Waals surface area (Å²) in [5.41, 5.74) is 0. The van der Waals surface area contributed by atoms with Crippen LogP contribution >= 0.6 is 0 Å². The number of rotatable bonds is 4. The molecule has 1 aromatic carbocycles. The zero-order chi connectivity index (χ0) is 14.0. The van der Waals surface area contributed by atoms with E-state index in [4.69, 9.17) is 0 Å². The lowest BCUT2D eigenvalue weighted by atomic mass is 10.3. The van der Waals surface area contributed by atoms with Gasteiger partial charge in [-0.2, -0.15) is 13.2 Å². The molecule has 1 rings (SSSR count). The van der Waals surface area contributed by atoms with Crippen molar-refractivity contribution in [3.05, 3.63) is 29.8 Å². The third-order valence-electron chi connectivity index (χ3n) is 1.59. The van der Waals surface area contributed by atoms with Crippen molar-refractivity contribution >= 4 is 10.0 Å². The Morgan fingerprint density at radius 1 is 1.22 bits per heavy atom. The second kappa shape index (κ2) is 5.16. The number of alkyl halides is 3. The smallest absolute Gasteiger partial charge is 0.277 e. The Kier molecular flexibility index (Phi) is 4.24. The number of benzene rings is 1. The minimum absolute atomic E-state index is 0.314. The summed E-state index contributed by atoms with van der Waals surface area (Å²) in [6.07, 6.45) is -4.76. The fraction of sp³-hybridized carbons (Fsp3) is 0.250. The molecule has 1 aromatic rings. The first-order valence-corrected chi connectivity index (χ1v) is 5.75. The van der Waals surface area contributed by atoms with Crippen molar-refractivity contribution < 1.29 is 35.2 Å². The van der Waals surface area contributed by atoms with E-state index in [2.05, 4.69) is 4.84 Å². The highest BCUT2D eigenvalue weighted by Crippen LogP contribution is 2.17. The lowest BCUT2D eigenvalue weighted by Crippen LogP contribution is -2.30. The molecule has 0 aliphatic heterocycles. The molecule has 0 heterocycles. The van der Waals surface area contributed by atoms with Gasteiger partial charge in [-0.1, -0.05) is 4.89 Å². The average Bonchev–Trinajstić information content (AvgIpc) is 2.19. The molecule has 0 aromatic heterocycles. The Labute approximate surface area is 98.4 Å². The molecule has 0 saturated carbocycles. The molecule has 0 fully saturated rings. The highest BCUT2D eigenvalue weighted by molar-refractivity contribution is 7.89. The third-order valence-corrected chi connectivity index (χ3v) is 2.82. The van der Waals surface area contributed by atoms with Gasteiger partial charge in [0.15, 0.2) is 6.61 Å². The molecule has 4 nitrogen and oxygen atoms in total. The Morgan fingerprint density at radius 3 is 2.39 bits per heavy atom. The molecule has 0 bridgehead atoms. The lowest BCUT2D eigenvalue weighted by molar-refractivity contribution is -0.181. The zero-order valence-electron chi connectivity index (χ0n) is 8.46. The van der Waals surface area contributed by atoms with Gasteiger partial charge in [-0.15, -0.1) is 0 Å². The van der Waals surface area contributed by atoms with Gasteiger partial charge in [-0.3, -0.25) is 4.84 Å². The maximum Gasteiger partial charge on any atom is 0.413 e. The summed E-state index contributed by atoms with van der Waals surface area (Å²) in [5.74, 6) is -2.38. The highest BCUT2D eigenvalue weighted by atomic mass is 32.2. The molecule has 1 N–H and O–H groups in total. The minimum atomic E-state index is -4.76. The number of nitrogens with one attached hydrogen (secondary N) is 1. The standard InChI is InChI=1S/C8H6F5NO3S/c9-5-1-2-6(10)7(3-5)18(15,16)14-17-4-8(11,12)13/h1-3,14H,4H2. The van der Waals surface area contributed by atoms with Crippen LogP contribution in [-0.2, 0) is 14.9 Å². The first-order valence-electron chi connectivity index (χ1n) is 4.27.